The van der Waals surface area contributed by atoms with E-state index in [-0.39, 0.29) is 0 Å². The van der Waals surface area contributed by atoms with E-state index in [4.69, 9.17) is 0 Å². The maximum atomic E-state index is 3.47. The van der Waals surface area contributed by atoms with Crippen LogP contribution in [0.25, 0.3) is 0 Å². The number of rotatable bonds is 0. The second kappa shape index (κ2) is 65.2. The standard InChI is InChI=1S/C14H32N4.C12H28N4.C12H27N3.C10H24N4.2C9H21N3/c1-15-7-5-8-17(3)13-14-18(4)10-6-9-16(2)12-11-15;1-5-13-7-2-9-15-11-4-12-16-10-3-8-14-6-1;1-13-7-4-9-14(2)11-6-12-15(3)10-5-8-13;1-3-11-7-9-13-5-2-6-14-10-8-12-4-1;1-10-4-6-11(2)8-9-12(3)7-5-10;1-4-10-6-2-8-12-9-3-7-11-5-1/h5-14H2,1-4H3;13-16H,1-12H2;4-12H2,1-3H3;11-14H,1-10H2;4-9H2,1-3H3;10-12H,1-9H2. The van der Waals surface area contributed by atoms with E-state index in [0.29, 0.717) is 0 Å². The van der Waals surface area contributed by atoms with Gasteiger partial charge < -0.3 is 107 Å². The monoisotopic (exact) mass is 1240 g/mol. The van der Waals surface area contributed by atoms with Crippen molar-refractivity contribution < 1.29 is 0 Å². The summed E-state index contributed by atoms with van der Waals surface area (Å²) in [5, 5.41) is 37.9. The molecule has 6 aliphatic heterocycles. The van der Waals surface area contributed by atoms with Gasteiger partial charge in [-0.2, -0.15) is 0 Å². The van der Waals surface area contributed by atoms with Crippen LogP contribution in [0.2, 0.25) is 0 Å². The van der Waals surface area contributed by atoms with E-state index in [1.54, 1.807) is 0 Å². The predicted octanol–water partition coefficient (Wildman–Crippen LogP) is 0.265. The summed E-state index contributed by atoms with van der Waals surface area (Å²) in [4.78, 5) is 24.4. The molecule has 87 heavy (non-hydrogen) atoms. The zero-order valence-corrected chi connectivity index (χ0v) is 59.6. The van der Waals surface area contributed by atoms with Crippen LogP contribution in [-0.4, -0.2) is 394 Å². The second-order valence-electron chi connectivity index (χ2n) is 26.2. The summed E-state index contributed by atoms with van der Waals surface area (Å²) in [6.07, 6.45) is 17.6. The molecule has 21 nitrogen and oxygen atoms in total. The molecule has 6 rings (SSSR count). The second-order valence-corrected chi connectivity index (χ2v) is 26.2. The molecule has 6 aliphatic rings. The molecule has 0 radical (unpaired) electrons. The minimum atomic E-state index is 1.09. The third-order valence-corrected chi connectivity index (χ3v) is 17.0. The first-order valence-electron chi connectivity index (χ1n) is 36.1. The van der Waals surface area contributed by atoms with Crippen LogP contribution in [0.3, 0.4) is 0 Å². The van der Waals surface area contributed by atoms with E-state index in [1.165, 1.54) is 221 Å². The van der Waals surface area contributed by atoms with Gasteiger partial charge in [-0.3, -0.25) is 0 Å². The van der Waals surface area contributed by atoms with Crippen LogP contribution >= 0.6 is 0 Å². The Balaban J connectivity index is 0.000000525. The summed E-state index contributed by atoms with van der Waals surface area (Å²) in [6.45, 7) is 49.3. The first-order chi connectivity index (χ1) is 42.4. The van der Waals surface area contributed by atoms with Gasteiger partial charge in [-0.1, -0.05) is 0 Å². The molecule has 0 atom stereocenters. The van der Waals surface area contributed by atoms with Gasteiger partial charge >= 0.3 is 0 Å². The lowest BCUT2D eigenvalue weighted by Gasteiger charge is -2.26. The molecule has 0 spiro atoms. The zero-order chi connectivity index (χ0) is 63.1. The number of likely N-dealkylation sites (N-methyl/N-ethyl adjacent to an activating group) is 7. The van der Waals surface area contributed by atoms with Gasteiger partial charge in [0.25, 0.3) is 0 Å². The van der Waals surface area contributed by atoms with Crippen molar-refractivity contribution in [1.82, 2.24) is 107 Å². The van der Waals surface area contributed by atoms with Gasteiger partial charge in [0.1, 0.15) is 0 Å². The van der Waals surface area contributed by atoms with Gasteiger partial charge in [-0.05, 0) is 344 Å². The molecule has 0 aromatic heterocycles. The molecular formula is C66H153N21. The van der Waals surface area contributed by atoms with Crippen molar-refractivity contribution in [1.29, 1.82) is 0 Å². The van der Waals surface area contributed by atoms with Crippen LogP contribution in [0.1, 0.15) is 89.9 Å². The smallest absolute Gasteiger partial charge is 0.0107 e. The Labute approximate surface area is 540 Å². The Bertz CT molecular complexity index is 1070. The molecule has 522 valence electrons. The maximum Gasteiger partial charge on any atom is 0.0107 e. The van der Waals surface area contributed by atoms with Crippen molar-refractivity contribution in [3.05, 3.63) is 0 Å². The molecule has 11 N–H and O–H groups in total. The largest absolute Gasteiger partial charge is 0.317 e. The molecule has 21 heteroatoms. The van der Waals surface area contributed by atoms with Gasteiger partial charge in [0.15, 0.2) is 0 Å². The lowest BCUT2D eigenvalue weighted by Crippen LogP contribution is -2.37. The average molecular weight is 1240 g/mol. The summed E-state index contributed by atoms with van der Waals surface area (Å²) in [6, 6.07) is 0. The molecule has 0 bridgehead atoms. The molecule has 6 heterocycles. The highest BCUT2D eigenvalue weighted by atomic mass is 15.2. The predicted molar refractivity (Wildman–Crippen MR) is 381 cm³/mol. The maximum absolute atomic E-state index is 3.47. The molecule has 0 aromatic carbocycles. The molecule has 0 saturated carbocycles. The number of nitrogens with zero attached hydrogens (tertiary/aromatic N) is 10. The van der Waals surface area contributed by atoms with E-state index in [1.807, 2.05) is 0 Å². The first-order valence-corrected chi connectivity index (χ1v) is 36.1. The van der Waals surface area contributed by atoms with Crippen LogP contribution in [0.15, 0.2) is 0 Å². The fourth-order valence-electron chi connectivity index (χ4n) is 10.7. The van der Waals surface area contributed by atoms with E-state index < -0.39 is 0 Å². The SMILES string of the molecule is C1CNCCCNCCCNC1.C1CNCCCNCCCNCCCNC1.C1CNCCNCCCNCCNC1.CN1CCCN(C)CCCN(C)CCC1.CN1CCCN(C)CCN(C)CCCN(C)CC1.CN1CCN(C)CCN(C)CC1. The highest BCUT2D eigenvalue weighted by Crippen LogP contribution is 2.01. The first kappa shape index (κ1) is 84.2. The lowest BCUT2D eigenvalue weighted by molar-refractivity contribution is 0.206. The van der Waals surface area contributed by atoms with Crippen LogP contribution < -0.4 is 58.5 Å². The van der Waals surface area contributed by atoms with Crippen molar-refractivity contribution in [2.45, 2.75) is 89.9 Å². The molecule has 6 fully saturated rings. The lowest BCUT2D eigenvalue weighted by atomic mass is 10.3. The third kappa shape index (κ3) is 63.7. The molecule has 0 aromatic rings. The van der Waals surface area contributed by atoms with Gasteiger partial charge in [0, 0.05) is 91.6 Å². The van der Waals surface area contributed by atoms with E-state index in [0.717, 1.165) is 144 Å². The van der Waals surface area contributed by atoms with Crippen molar-refractivity contribution >= 4 is 0 Å². The van der Waals surface area contributed by atoms with Crippen molar-refractivity contribution in [2.75, 3.05) is 345 Å². The van der Waals surface area contributed by atoms with E-state index >= 15 is 0 Å². The van der Waals surface area contributed by atoms with E-state index in [9.17, 15) is 0 Å². The van der Waals surface area contributed by atoms with E-state index in [2.05, 4.69) is 178 Å². The Hall–Kier alpha value is -0.840. The summed E-state index contributed by atoms with van der Waals surface area (Å²) in [7, 11) is 22.3. The summed E-state index contributed by atoms with van der Waals surface area (Å²) in [5.41, 5.74) is 0. The molecule has 0 amide bonds. The van der Waals surface area contributed by atoms with Gasteiger partial charge in [-0.25, -0.2) is 0 Å². The van der Waals surface area contributed by atoms with Gasteiger partial charge in [-0.15, -0.1) is 0 Å². The minimum absolute atomic E-state index is 1.09. The van der Waals surface area contributed by atoms with Gasteiger partial charge in [0.2, 0.25) is 0 Å². The Kier molecular flexibility index (Phi) is 63.1. The van der Waals surface area contributed by atoms with Crippen molar-refractivity contribution in [3.63, 3.8) is 0 Å². The third-order valence-electron chi connectivity index (χ3n) is 17.0. The number of nitrogens with one attached hydrogen (secondary N) is 11. The molecule has 6 saturated heterocycles. The van der Waals surface area contributed by atoms with Crippen molar-refractivity contribution in [2.24, 2.45) is 0 Å². The number of hydrogen-bond donors (Lipinski definition) is 11. The molecule has 0 unspecified atom stereocenters. The van der Waals surface area contributed by atoms with Crippen molar-refractivity contribution in [3.8, 4) is 0 Å². The van der Waals surface area contributed by atoms with Crippen LogP contribution in [0.5, 0.6) is 0 Å². The Morgan fingerprint density at radius 3 is 0.333 bits per heavy atom. The minimum Gasteiger partial charge on any atom is -0.317 e. The normalized spacial score (nSPS) is 25.0. The summed E-state index contributed by atoms with van der Waals surface area (Å²) in [5.74, 6) is 0. The van der Waals surface area contributed by atoms with Crippen LogP contribution in [0, 0.1) is 0 Å². The number of hydrogen-bond acceptors (Lipinski definition) is 21. The van der Waals surface area contributed by atoms with Crippen LogP contribution in [0.4, 0.5) is 0 Å². The Morgan fingerprint density at radius 1 is 0.115 bits per heavy atom. The zero-order valence-electron chi connectivity index (χ0n) is 59.6. The summed E-state index contributed by atoms with van der Waals surface area (Å²) < 4.78 is 0. The topological polar surface area (TPSA) is 165 Å². The average Bonchev–Trinajstić information content (AvgIpc) is 3.58. The highest BCUT2D eigenvalue weighted by molar-refractivity contribution is 4.68. The highest BCUT2D eigenvalue weighted by Gasteiger charge is 2.11. The molecule has 0 aliphatic carbocycles. The molecular weight excluding hydrogens is 1090 g/mol. The fourth-order valence-corrected chi connectivity index (χ4v) is 10.7. The quantitative estimate of drug-likeness (QED) is 0.160. The summed E-state index contributed by atoms with van der Waals surface area (Å²) >= 11 is 0. The fraction of sp³-hybridized carbons (Fsp3) is 1.00. The van der Waals surface area contributed by atoms with Gasteiger partial charge in [0.05, 0.1) is 0 Å². The van der Waals surface area contributed by atoms with Crippen LogP contribution in [-0.2, 0) is 0 Å². The Morgan fingerprint density at radius 2 is 0.207 bits per heavy atom.